The van der Waals surface area contributed by atoms with Crippen molar-refractivity contribution < 1.29 is 29.0 Å². The first kappa shape index (κ1) is 35.9. The lowest BCUT2D eigenvalue weighted by Gasteiger charge is -2.37. The highest BCUT2D eigenvalue weighted by atomic mass is 35.5. The zero-order valence-corrected chi connectivity index (χ0v) is 31.1. The number of carbonyl (C=O) groups is 3. The minimum Gasteiger partial charge on any atom is -0.432 e. The molecule has 5 atom stereocenters. The van der Waals surface area contributed by atoms with Crippen LogP contribution < -0.4 is 16.0 Å². The van der Waals surface area contributed by atoms with Gasteiger partial charge in [-0.05, 0) is 90.8 Å². The Balaban J connectivity index is 1.15. The number of anilines is 3. The van der Waals surface area contributed by atoms with E-state index in [1.54, 1.807) is 58.3 Å². The van der Waals surface area contributed by atoms with E-state index in [1.807, 2.05) is 62.5 Å². The third kappa shape index (κ3) is 6.41. The van der Waals surface area contributed by atoms with Gasteiger partial charge in [0.2, 0.25) is 5.91 Å². The van der Waals surface area contributed by atoms with E-state index in [9.17, 15) is 24.3 Å². The summed E-state index contributed by atoms with van der Waals surface area (Å²) in [5.41, 5.74) is 9.71. The maximum atomic E-state index is 14.8. The highest BCUT2D eigenvalue weighted by Gasteiger charge is 2.66. The van der Waals surface area contributed by atoms with Gasteiger partial charge in [0.05, 0.1) is 37.4 Å². The van der Waals surface area contributed by atoms with Crippen molar-refractivity contribution in [1.29, 1.82) is 0 Å². The summed E-state index contributed by atoms with van der Waals surface area (Å²) in [5.74, 6) is -1.22. The molecular weight excluding hydrogens is 696 g/mol. The summed E-state index contributed by atoms with van der Waals surface area (Å²) < 4.78 is 6.89. The Morgan fingerprint density at radius 1 is 1.02 bits per heavy atom. The van der Waals surface area contributed by atoms with E-state index < -0.39 is 31.5 Å². The standard InChI is InChI=1S/C40H43ClN4O6Si/c1-24-37(52(2,3)50)35(20-36(47)44-22-28-7-5-4-6-27(28)18-32(44)23-46)51-40(24)33-19-29(41)12-17-34(33)45(39(40)49)21-25-8-15-31(16-9-25)43-38(48)26-10-13-30(42)14-11-26/h4-17,19,24,32,35,37,46,50H,18,20-23,42H2,1-3H3,(H,43,48)/t24-,32+,35+,37-,40+/m1/s1. The van der Waals surface area contributed by atoms with E-state index in [1.165, 1.54) is 0 Å². The summed E-state index contributed by atoms with van der Waals surface area (Å²) in [4.78, 5) is 56.8. The number of rotatable bonds is 8. The molecule has 5 N–H and O–H groups in total. The van der Waals surface area contributed by atoms with Crippen LogP contribution in [0.2, 0.25) is 23.7 Å². The van der Waals surface area contributed by atoms with Gasteiger partial charge in [0.15, 0.2) is 13.9 Å². The number of hydrogen-bond donors (Lipinski definition) is 4. The summed E-state index contributed by atoms with van der Waals surface area (Å²) in [6.45, 7) is 5.99. The van der Waals surface area contributed by atoms with E-state index in [0.717, 1.165) is 16.7 Å². The molecule has 4 aromatic carbocycles. The van der Waals surface area contributed by atoms with E-state index in [2.05, 4.69) is 5.32 Å². The average Bonchev–Trinajstić information content (AvgIpc) is 3.54. The Kier molecular flexibility index (Phi) is 9.51. The Morgan fingerprint density at radius 3 is 2.38 bits per heavy atom. The molecule has 270 valence electrons. The molecule has 1 saturated heterocycles. The summed E-state index contributed by atoms with van der Waals surface area (Å²) in [6.07, 6.45) is -0.243. The van der Waals surface area contributed by atoms with Crippen LogP contribution in [-0.4, -0.2) is 59.6 Å². The lowest BCUT2D eigenvalue weighted by atomic mass is 9.82. The van der Waals surface area contributed by atoms with Crippen LogP contribution in [0.15, 0.2) is 91.0 Å². The number of fused-ring (bicyclic) bond motifs is 3. The number of amides is 3. The molecule has 1 spiro atoms. The number of nitrogen functional groups attached to an aromatic ring is 1. The summed E-state index contributed by atoms with van der Waals surface area (Å²) in [7, 11) is -3.04. The Bertz CT molecular complexity index is 2020. The van der Waals surface area contributed by atoms with Gasteiger partial charge in [-0.2, -0.15) is 0 Å². The Labute approximate surface area is 309 Å². The van der Waals surface area contributed by atoms with Crippen LogP contribution >= 0.6 is 11.6 Å². The van der Waals surface area contributed by atoms with Crippen molar-refractivity contribution >= 4 is 54.7 Å². The van der Waals surface area contributed by atoms with Crippen LogP contribution in [0.3, 0.4) is 0 Å². The molecule has 4 aromatic rings. The van der Waals surface area contributed by atoms with Gasteiger partial charge in [0, 0.05) is 45.5 Å². The minimum atomic E-state index is -3.04. The number of halogens is 1. The monoisotopic (exact) mass is 738 g/mol. The SMILES string of the molecule is C[C@@H]1[C@@H]([Si](C)(C)O)[C@H](CC(=O)N2Cc3ccccc3C[C@H]2CO)O[C@@]12C(=O)N(Cc1ccc(NC(=O)c3ccc(N)cc3)cc1)c1ccc(Cl)cc12. The zero-order chi connectivity index (χ0) is 36.9. The molecule has 3 heterocycles. The molecule has 1 fully saturated rings. The normalized spacial score (nSPS) is 23.8. The van der Waals surface area contributed by atoms with Crippen molar-refractivity contribution in [1.82, 2.24) is 4.90 Å². The summed E-state index contributed by atoms with van der Waals surface area (Å²) in [5, 5.41) is 13.6. The molecule has 3 amide bonds. The van der Waals surface area contributed by atoms with Gasteiger partial charge in [-0.3, -0.25) is 14.4 Å². The van der Waals surface area contributed by atoms with Crippen LogP contribution in [0.1, 0.15) is 46.0 Å². The molecule has 0 aromatic heterocycles. The first-order chi connectivity index (χ1) is 24.8. The van der Waals surface area contributed by atoms with Crippen LogP contribution in [-0.2, 0) is 39.4 Å². The number of nitrogens with one attached hydrogen (secondary N) is 1. The summed E-state index contributed by atoms with van der Waals surface area (Å²) >= 11 is 6.57. The van der Waals surface area contributed by atoms with Gasteiger partial charge in [-0.15, -0.1) is 0 Å². The molecule has 12 heteroatoms. The van der Waals surface area contributed by atoms with E-state index in [-0.39, 0.29) is 43.3 Å². The smallest absolute Gasteiger partial charge is 0.264 e. The third-order valence-corrected chi connectivity index (χ3v) is 13.7. The molecule has 3 aliphatic rings. The van der Waals surface area contributed by atoms with Gasteiger partial charge in [-0.1, -0.05) is 54.9 Å². The molecule has 0 unspecified atom stereocenters. The zero-order valence-electron chi connectivity index (χ0n) is 29.4. The van der Waals surface area contributed by atoms with Crippen molar-refractivity contribution in [3.05, 3.63) is 124 Å². The maximum Gasteiger partial charge on any atom is 0.264 e. The maximum absolute atomic E-state index is 14.8. The summed E-state index contributed by atoms with van der Waals surface area (Å²) in [6, 6.07) is 26.8. The van der Waals surface area contributed by atoms with Crippen LogP contribution in [0.5, 0.6) is 0 Å². The van der Waals surface area contributed by atoms with E-state index in [0.29, 0.717) is 46.2 Å². The second-order valence-corrected chi connectivity index (χ2v) is 19.1. The Morgan fingerprint density at radius 2 is 1.71 bits per heavy atom. The van der Waals surface area contributed by atoms with Crippen LogP contribution in [0.25, 0.3) is 0 Å². The first-order valence-electron chi connectivity index (χ1n) is 17.5. The molecule has 10 nitrogen and oxygen atoms in total. The van der Waals surface area contributed by atoms with Crippen molar-refractivity contribution in [2.45, 2.75) is 69.2 Å². The number of ether oxygens (including phenoxy) is 1. The molecule has 52 heavy (non-hydrogen) atoms. The minimum absolute atomic E-state index is 0.0425. The lowest BCUT2D eigenvalue weighted by molar-refractivity contribution is -0.151. The lowest BCUT2D eigenvalue weighted by Crippen LogP contribution is -2.48. The van der Waals surface area contributed by atoms with E-state index >= 15 is 0 Å². The van der Waals surface area contributed by atoms with Crippen LogP contribution in [0.4, 0.5) is 17.1 Å². The fraction of sp³-hybridized carbons (Fsp3) is 0.325. The van der Waals surface area contributed by atoms with Crippen LogP contribution in [0, 0.1) is 5.92 Å². The molecule has 7 rings (SSSR count). The Hall–Kier alpha value is -4.52. The molecular formula is C40H43ClN4O6Si. The highest BCUT2D eigenvalue weighted by molar-refractivity contribution is 6.71. The quantitative estimate of drug-likeness (QED) is 0.131. The number of nitrogens with two attached hydrogens (primary N) is 1. The van der Waals surface area contributed by atoms with Gasteiger partial charge < -0.3 is 35.5 Å². The third-order valence-electron chi connectivity index (χ3n) is 10.9. The number of hydrogen-bond acceptors (Lipinski definition) is 7. The van der Waals surface area contributed by atoms with Gasteiger partial charge in [-0.25, -0.2) is 0 Å². The number of aliphatic hydroxyl groups is 1. The fourth-order valence-corrected chi connectivity index (χ4v) is 11.2. The van der Waals surface area contributed by atoms with Crippen molar-refractivity contribution in [2.24, 2.45) is 5.92 Å². The number of aliphatic hydroxyl groups excluding tert-OH is 1. The predicted molar refractivity (Wildman–Crippen MR) is 203 cm³/mol. The predicted octanol–water partition coefficient (Wildman–Crippen LogP) is 5.86. The first-order valence-corrected chi connectivity index (χ1v) is 21.0. The molecule has 0 radical (unpaired) electrons. The second-order valence-electron chi connectivity index (χ2n) is 14.7. The van der Waals surface area contributed by atoms with Crippen molar-refractivity contribution in [3.63, 3.8) is 0 Å². The molecule has 3 aliphatic heterocycles. The number of nitrogens with zero attached hydrogens (tertiary/aromatic N) is 2. The van der Waals surface area contributed by atoms with Crippen molar-refractivity contribution in [3.8, 4) is 0 Å². The molecule has 0 bridgehead atoms. The van der Waals surface area contributed by atoms with Gasteiger partial charge in [0.1, 0.15) is 0 Å². The van der Waals surface area contributed by atoms with Crippen molar-refractivity contribution in [2.75, 3.05) is 22.6 Å². The number of carbonyl (C=O) groups excluding carboxylic acids is 3. The van der Waals surface area contributed by atoms with Gasteiger partial charge >= 0.3 is 0 Å². The largest absolute Gasteiger partial charge is 0.432 e. The van der Waals surface area contributed by atoms with E-state index in [4.69, 9.17) is 22.1 Å². The molecule has 0 saturated carbocycles. The highest BCUT2D eigenvalue weighted by Crippen LogP contribution is 2.60. The fourth-order valence-electron chi connectivity index (χ4n) is 8.45. The average molecular weight is 739 g/mol. The topological polar surface area (TPSA) is 145 Å². The van der Waals surface area contributed by atoms with Gasteiger partial charge in [0.25, 0.3) is 11.8 Å². The number of benzene rings is 4. The second kappa shape index (κ2) is 13.8. The molecule has 0 aliphatic carbocycles.